The van der Waals surface area contributed by atoms with Crippen molar-refractivity contribution in [3.63, 3.8) is 0 Å². The number of nitrogens with one attached hydrogen (secondary N) is 1. The van der Waals surface area contributed by atoms with Crippen LogP contribution in [0.5, 0.6) is 0 Å². The van der Waals surface area contributed by atoms with Crippen LogP contribution in [0.1, 0.15) is 39.5 Å². The van der Waals surface area contributed by atoms with Crippen LogP contribution >= 0.6 is 0 Å². The summed E-state index contributed by atoms with van der Waals surface area (Å²) in [6, 6.07) is 0. The Hall–Kier alpha value is -1.10. The van der Waals surface area contributed by atoms with Crippen molar-refractivity contribution in [3.05, 3.63) is 0 Å². The fourth-order valence-electron chi connectivity index (χ4n) is 2.05. The summed E-state index contributed by atoms with van der Waals surface area (Å²) >= 11 is 0. The fraction of sp³-hybridized carbons (Fsp3) is 0.846. The Morgan fingerprint density at radius 3 is 2.78 bits per heavy atom. The van der Waals surface area contributed by atoms with Gasteiger partial charge in [0.1, 0.15) is 0 Å². The van der Waals surface area contributed by atoms with Crippen molar-refractivity contribution in [2.24, 2.45) is 0 Å². The summed E-state index contributed by atoms with van der Waals surface area (Å²) in [6.45, 7) is 6.29. The molecule has 1 fully saturated rings. The van der Waals surface area contributed by atoms with Gasteiger partial charge in [-0.05, 0) is 19.8 Å². The molecule has 104 valence electrons. The smallest absolute Gasteiger partial charge is 0.222 e. The zero-order chi connectivity index (χ0) is 13.4. The molecule has 0 aromatic carbocycles. The lowest BCUT2D eigenvalue weighted by atomic mass is 10.1. The van der Waals surface area contributed by atoms with Crippen molar-refractivity contribution in [3.8, 4) is 0 Å². The molecule has 0 spiro atoms. The van der Waals surface area contributed by atoms with Gasteiger partial charge in [0.25, 0.3) is 0 Å². The van der Waals surface area contributed by atoms with Crippen LogP contribution in [0.3, 0.4) is 0 Å². The van der Waals surface area contributed by atoms with E-state index in [9.17, 15) is 9.59 Å². The van der Waals surface area contributed by atoms with E-state index in [2.05, 4.69) is 5.32 Å². The minimum atomic E-state index is 0.00776. The Balaban J connectivity index is 2.04. The standard InChI is InChI=1S/C13H24N2O3/c1-11-10-15(8-9-18-11)13(17)6-4-3-5-7-14-12(2)16/h11H,3-10H2,1-2H3,(H,14,16). The summed E-state index contributed by atoms with van der Waals surface area (Å²) in [5.74, 6) is 0.234. The molecule has 1 aliphatic rings. The van der Waals surface area contributed by atoms with Crippen LogP contribution in [-0.4, -0.2) is 49.1 Å². The maximum Gasteiger partial charge on any atom is 0.222 e. The molecule has 0 aromatic rings. The molecule has 5 heteroatoms. The SMILES string of the molecule is CC(=O)NCCCCCC(=O)N1CCOC(C)C1. The van der Waals surface area contributed by atoms with Crippen molar-refractivity contribution < 1.29 is 14.3 Å². The highest BCUT2D eigenvalue weighted by Crippen LogP contribution is 2.08. The molecule has 1 aliphatic heterocycles. The number of morpholine rings is 1. The minimum absolute atomic E-state index is 0.00776. The molecule has 1 rings (SSSR count). The van der Waals surface area contributed by atoms with E-state index in [1.165, 1.54) is 6.92 Å². The number of hydrogen-bond donors (Lipinski definition) is 1. The van der Waals surface area contributed by atoms with Gasteiger partial charge in [-0.1, -0.05) is 6.42 Å². The van der Waals surface area contributed by atoms with Crippen molar-refractivity contribution in [1.29, 1.82) is 0 Å². The Morgan fingerprint density at radius 2 is 2.11 bits per heavy atom. The number of carbonyl (C=O) groups is 2. The second kappa shape index (κ2) is 8.08. The predicted octanol–water partition coefficient (Wildman–Crippen LogP) is 0.930. The molecule has 1 atom stereocenters. The molecule has 2 amide bonds. The van der Waals surface area contributed by atoms with Crippen LogP contribution in [0, 0.1) is 0 Å². The maximum absolute atomic E-state index is 11.9. The quantitative estimate of drug-likeness (QED) is 0.719. The van der Waals surface area contributed by atoms with Crippen molar-refractivity contribution >= 4 is 11.8 Å². The van der Waals surface area contributed by atoms with Gasteiger partial charge in [0.05, 0.1) is 12.7 Å². The van der Waals surface area contributed by atoms with Gasteiger partial charge < -0.3 is 15.0 Å². The first kappa shape index (κ1) is 15.0. The third-order valence-electron chi connectivity index (χ3n) is 3.04. The molecular formula is C13H24N2O3. The van der Waals surface area contributed by atoms with E-state index in [0.29, 0.717) is 26.1 Å². The zero-order valence-electron chi connectivity index (χ0n) is 11.4. The van der Waals surface area contributed by atoms with Gasteiger partial charge in [-0.2, -0.15) is 0 Å². The van der Waals surface area contributed by atoms with Gasteiger partial charge >= 0.3 is 0 Å². The lowest BCUT2D eigenvalue weighted by Gasteiger charge is -2.31. The van der Waals surface area contributed by atoms with E-state index >= 15 is 0 Å². The zero-order valence-corrected chi connectivity index (χ0v) is 11.4. The summed E-state index contributed by atoms with van der Waals surface area (Å²) in [5, 5.41) is 2.75. The van der Waals surface area contributed by atoms with Crippen LogP contribution in [0.25, 0.3) is 0 Å². The van der Waals surface area contributed by atoms with Crippen molar-refractivity contribution in [2.45, 2.75) is 45.6 Å². The monoisotopic (exact) mass is 256 g/mol. The van der Waals surface area contributed by atoms with Crippen molar-refractivity contribution in [1.82, 2.24) is 10.2 Å². The van der Waals surface area contributed by atoms with E-state index < -0.39 is 0 Å². The van der Waals surface area contributed by atoms with Crippen LogP contribution in [0.15, 0.2) is 0 Å². The van der Waals surface area contributed by atoms with Crippen LogP contribution in [-0.2, 0) is 14.3 Å². The third-order valence-corrected chi connectivity index (χ3v) is 3.04. The maximum atomic E-state index is 11.9. The number of ether oxygens (including phenoxy) is 1. The normalized spacial score (nSPS) is 19.7. The first-order valence-corrected chi connectivity index (χ1v) is 6.73. The average Bonchev–Trinajstić information content (AvgIpc) is 2.33. The fourth-order valence-corrected chi connectivity index (χ4v) is 2.05. The third kappa shape index (κ3) is 6.00. The molecule has 0 aromatic heterocycles. The molecule has 5 nitrogen and oxygen atoms in total. The molecule has 1 N–H and O–H groups in total. The number of hydrogen-bond acceptors (Lipinski definition) is 3. The van der Waals surface area contributed by atoms with Crippen LogP contribution in [0.2, 0.25) is 0 Å². The first-order valence-electron chi connectivity index (χ1n) is 6.73. The molecule has 0 aliphatic carbocycles. The lowest BCUT2D eigenvalue weighted by molar-refractivity contribution is -0.138. The van der Waals surface area contributed by atoms with E-state index in [4.69, 9.17) is 4.74 Å². The summed E-state index contributed by atoms with van der Waals surface area (Å²) in [6.07, 6.45) is 3.57. The molecular weight excluding hydrogens is 232 g/mol. The summed E-state index contributed by atoms with van der Waals surface area (Å²) in [5.41, 5.74) is 0. The van der Waals surface area contributed by atoms with E-state index in [1.54, 1.807) is 0 Å². The predicted molar refractivity (Wildman–Crippen MR) is 69.1 cm³/mol. The summed E-state index contributed by atoms with van der Waals surface area (Å²) < 4.78 is 5.40. The first-order chi connectivity index (χ1) is 8.59. The highest BCUT2D eigenvalue weighted by Gasteiger charge is 2.20. The lowest BCUT2D eigenvalue weighted by Crippen LogP contribution is -2.44. The van der Waals surface area contributed by atoms with Crippen LogP contribution in [0.4, 0.5) is 0 Å². The molecule has 0 bridgehead atoms. The summed E-state index contributed by atoms with van der Waals surface area (Å²) in [4.78, 5) is 24.4. The molecule has 1 unspecified atom stereocenters. The molecule has 1 saturated heterocycles. The van der Waals surface area contributed by atoms with E-state index in [-0.39, 0.29) is 17.9 Å². The van der Waals surface area contributed by atoms with Crippen LogP contribution < -0.4 is 5.32 Å². The number of rotatable bonds is 6. The van der Waals surface area contributed by atoms with Gasteiger partial charge in [0.15, 0.2) is 0 Å². The largest absolute Gasteiger partial charge is 0.375 e. The van der Waals surface area contributed by atoms with Gasteiger partial charge in [-0.3, -0.25) is 9.59 Å². The molecule has 1 heterocycles. The number of carbonyl (C=O) groups excluding carboxylic acids is 2. The Morgan fingerprint density at radius 1 is 1.33 bits per heavy atom. The van der Waals surface area contributed by atoms with Gasteiger partial charge in [-0.25, -0.2) is 0 Å². The van der Waals surface area contributed by atoms with Gasteiger partial charge in [0, 0.05) is 33.0 Å². The van der Waals surface area contributed by atoms with Gasteiger partial charge in [-0.15, -0.1) is 0 Å². The molecule has 0 saturated carbocycles. The summed E-state index contributed by atoms with van der Waals surface area (Å²) in [7, 11) is 0. The van der Waals surface area contributed by atoms with Crippen molar-refractivity contribution in [2.75, 3.05) is 26.2 Å². The number of amides is 2. The second-order valence-corrected chi connectivity index (χ2v) is 4.81. The van der Waals surface area contributed by atoms with E-state index in [0.717, 1.165) is 25.8 Å². The topological polar surface area (TPSA) is 58.6 Å². The second-order valence-electron chi connectivity index (χ2n) is 4.81. The minimum Gasteiger partial charge on any atom is -0.375 e. The number of unbranched alkanes of at least 4 members (excludes halogenated alkanes) is 2. The highest BCUT2D eigenvalue weighted by molar-refractivity contribution is 5.76. The molecule has 0 radical (unpaired) electrons. The molecule has 18 heavy (non-hydrogen) atoms. The Bertz CT molecular complexity index is 281. The average molecular weight is 256 g/mol. The number of nitrogens with zero attached hydrogens (tertiary/aromatic N) is 1. The Kier molecular flexibility index (Phi) is 6.72. The highest BCUT2D eigenvalue weighted by atomic mass is 16.5. The van der Waals surface area contributed by atoms with Gasteiger partial charge in [0.2, 0.25) is 11.8 Å². The van der Waals surface area contributed by atoms with E-state index in [1.807, 2.05) is 11.8 Å². The Labute approximate surface area is 109 Å².